The minimum absolute atomic E-state index is 0.0420. The molecule has 1 unspecified atom stereocenters. The molecule has 10 heteroatoms. The molecule has 43 heavy (non-hydrogen) atoms. The highest BCUT2D eigenvalue weighted by molar-refractivity contribution is 14.1. The van der Waals surface area contributed by atoms with Gasteiger partial charge in [-0.15, -0.1) is 0 Å². The normalized spacial score (nSPS) is 14.6. The maximum absolute atomic E-state index is 12.6. The molecule has 0 bridgehead atoms. The number of likely N-dealkylation sites (tertiary alicyclic amines) is 1. The molecule has 0 aliphatic carbocycles. The van der Waals surface area contributed by atoms with Crippen LogP contribution in [0.4, 0.5) is 4.39 Å². The summed E-state index contributed by atoms with van der Waals surface area (Å²) in [6.07, 6.45) is 2.72. The average Bonchev–Trinajstić information content (AvgIpc) is 3.43. The first-order chi connectivity index (χ1) is 20.9. The fourth-order valence-corrected chi connectivity index (χ4v) is 4.88. The first kappa shape index (κ1) is 34.8. The van der Waals surface area contributed by atoms with Crippen molar-refractivity contribution < 1.29 is 33.3 Å². The average molecular weight is 709 g/mol. The van der Waals surface area contributed by atoms with Crippen LogP contribution >= 0.6 is 22.6 Å². The van der Waals surface area contributed by atoms with Crippen molar-refractivity contribution in [1.82, 2.24) is 4.90 Å². The Kier molecular flexibility index (Phi) is 15.9. The van der Waals surface area contributed by atoms with E-state index in [0.717, 1.165) is 5.56 Å². The number of hydrogen-bond donors (Lipinski definition) is 1. The highest BCUT2D eigenvalue weighted by Crippen LogP contribution is 2.22. The molecule has 1 N–H and O–H groups in total. The topological polar surface area (TPSA) is 97.7 Å². The van der Waals surface area contributed by atoms with Gasteiger partial charge in [-0.2, -0.15) is 0 Å². The smallest absolute Gasteiger partial charge is 0.162 e. The Hall–Kier alpha value is -2.67. The third-order valence-electron chi connectivity index (χ3n) is 7.00. The summed E-state index contributed by atoms with van der Waals surface area (Å²) >= 11 is 2.13. The van der Waals surface area contributed by atoms with Crippen LogP contribution < -0.4 is 9.47 Å². The van der Waals surface area contributed by atoms with E-state index in [9.17, 15) is 19.1 Å². The van der Waals surface area contributed by atoms with Crippen molar-refractivity contribution in [2.24, 2.45) is 4.99 Å². The molecule has 1 aliphatic rings. The Balaban J connectivity index is 1.51. The lowest BCUT2D eigenvalue weighted by Crippen LogP contribution is -2.29. The third-order valence-corrected chi connectivity index (χ3v) is 7.44. The van der Waals surface area contributed by atoms with Gasteiger partial charge in [-0.1, -0.05) is 41.3 Å². The highest BCUT2D eigenvalue weighted by atomic mass is 127. The first-order valence-electron chi connectivity index (χ1n) is 14.8. The van der Waals surface area contributed by atoms with Gasteiger partial charge in [0.1, 0.15) is 30.1 Å². The van der Waals surface area contributed by atoms with E-state index in [1.807, 2.05) is 29.2 Å². The third kappa shape index (κ3) is 12.8. The molecular formula is C33H42FIN2O6. The van der Waals surface area contributed by atoms with Crippen LogP contribution in [0.2, 0.25) is 0 Å². The van der Waals surface area contributed by atoms with Crippen LogP contribution in [-0.2, 0) is 9.53 Å². The number of alkyl halides is 2. The van der Waals surface area contributed by atoms with Gasteiger partial charge >= 0.3 is 0 Å². The van der Waals surface area contributed by atoms with Crippen molar-refractivity contribution in [2.75, 3.05) is 50.7 Å². The number of benzene rings is 2. The van der Waals surface area contributed by atoms with Crippen molar-refractivity contribution in [3.8, 4) is 11.5 Å². The summed E-state index contributed by atoms with van der Waals surface area (Å²) in [6.45, 7) is 6.73. The molecule has 1 atom stereocenters. The fraction of sp³-hybridized carbons (Fsp3) is 0.485. The molecule has 1 heterocycles. The predicted octanol–water partition coefficient (Wildman–Crippen LogP) is 6.09. The molecule has 1 saturated heterocycles. The summed E-state index contributed by atoms with van der Waals surface area (Å²) < 4.78 is 29.4. The van der Waals surface area contributed by atoms with Gasteiger partial charge in [0.2, 0.25) is 0 Å². The van der Waals surface area contributed by atoms with Crippen molar-refractivity contribution in [3.05, 3.63) is 66.2 Å². The number of ketones is 2. The van der Waals surface area contributed by atoms with Crippen LogP contribution in [0.15, 0.2) is 60.1 Å². The zero-order chi connectivity index (χ0) is 30.9. The molecule has 0 amide bonds. The fourth-order valence-electron chi connectivity index (χ4n) is 4.57. The second-order valence-corrected chi connectivity index (χ2v) is 11.0. The molecule has 1 aliphatic heterocycles. The Morgan fingerprint density at radius 2 is 1.65 bits per heavy atom. The van der Waals surface area contributed by atoms with E-state index in [2.05, 4.69) is 34.2 Å². The lowest BCUT2D eigenvalue weighted by atomic mass is 10.0. The van der Waals surface area contributed by atoms with Gasteiger partial charge in [0.25, 0.3) is 0 Å². The van der Waals surface area contributed by atoms with Crippen molar-refractivity contribution in [2.45, 2.75) is 51.2 Å². The molecule has 3 rings (SSSR count). The van der Waals surface area contributed by atoms with Crippen LogP contribution in [0, 0.1) is 0 Å². The second-order valence-electron chi connectivity index (χ2n) is 10.4. The van der Waals surface area contributed by atoms with Gasteiger partial charge < -0.3 is 19.3 Å². The van der Waals surface area contributed by atoms with E-state index in [4.69, 9.17) is 14.2 Å². The van der Waals surface area contributed by atoms with E-state index in [1.165, 1.54) is 0 Å². The summed E-state index contributed by atoms with van der Waals surface area (Å²) in [4.78, 5) is 31.1. The van der Waals surface area contributed by atoms with Gasteiger partial charge in [0.15, 0.2) is 5.78 Å². The number of Topliss-reactive ketones (excluding diaryl/α,β-unsaturated/α-hetero) is 2. The molecule has 234 valence electrons. The van der Waals surface area contributed by atoms with Crippen LogP contribution in [0.3, 0.4) is 0 Å². The summed E-state index contributed by atoms with van der Waals surface area (Å²) in [6, 6.07) is 14.5. The van der Waals surface area contributed by atoms with Crippen LogP contribution in [0.1, 0.15) is 60.9 Å². The number of aliphatic hydroxyl groups is 1. The second kappa shape index (κ2) is 19.6. The number of nitrogens with zero attached hydrogens (tertiary/aromatic N) is 2. The molecule has 1 fully saturated rings. The van der Waals surface area contributed by atoms with E-state index in [1.54, 1.807) is 24.3 Å². The van der Waals surface area contributed by atoms with Crippen LogP contribution in [-0.4, -0.2) is 84.3 Å². The maximum Gasteiger partial charge on any atom is 0.162 e. The number of carbonyl (C=O) groups is 2. The largest absolute Gasteiger partial charge is 0.494 e. The van der Waals surface area contributed by atoms with Gasteiger partial charge in [0.05, 0.1) is 36.8 Å². The van der Waals surface area contributed by atoms with Crippen molar-refractivity contribution in [1.29, 1.82) is 0 Å². The van der Waals surface area contributed by atoms with Crippen LogP contribution in [0.25, 0.3) is 5.57 Å². The van der Waals surface area contributed by atoms with Crippen LogP contribution in [0.5, 0.6) is 11.5 Å². The highest BCUT2D eigenvalue weighted by Gasteiger charge is 2.22. The lowest BCUT2D eigenvalue weighted by molar-refractivity contribution is -0.116. The Morgan fingerprint density at radius 1 is 0.977 bits per heavy atom. The van der Waals surface area contributed by atoms with Crippen molar-refractivity contribution >= 4 is 45.4 Å². The summed E-state index contributed by atoms with van der Waals surface area (Å²) in [5.74, 6) is 1.61. The molecule has 2 aromatic rings. The Bertz CT molecular complexity index is 1190. The Morgan fingerprint density at radius 3 is 2.28 bits per heavy atom. The monoisotopic (exact) mass is 708 g/mol. The quantitative estimate of drug-likeness (QED) is 0.0551. The predicted molar refractivity (Wildman–Crippen MR) is 175 cm³/mol. The summed E-state index contributed by atoms with van der Waals surface area (Å²) in [5, 5.41) is 10.8. The number of aliphatic imine (C=N–C) groups is 1. The van der Waals surface area contributed by atoms with Crippen molar-refractivity contribution in [3.63, 3.8) is 0 Å². The first-order valence-corrected chi connectivity index (χ1v) is 16.3. The number of hydrogen-bond acceptors (Lipinski definition) is 8. The molecule has 0 radical (unpaired) electrons. The zero-order valence-electron chi connectivity index (χ0n) is 24.6. The molecule has 0 saturated carbocycles. The number of aliphatic hydroxyl groups excluding tert-OH is 1. The summed E-state index contributed by atoms with van der Waals surface area (Å²) in [5.41, 5.74) is 2.76. The van der Waals surface area contributed by atoms with Gasteiger partial charge in [-0.25, -0.2) is 0 Å². The molecule has 0 aromatic heterocycles. The minimum atomic E-state index is -0.953. The standard InChI is InChI=1S/C33H42FIN2O6/c1-25(26-8-12-29(13-9-26)42-19-5-4-17-34)31(23-37-18-16-28(38)22-37)36-33(40)7-3-2-6-32(39)27-10-14-30(15-11-27)43-21-20-41-24-35/h8-15,33,40H,1-7,16-24H2/b36-31+. The zero-order valence-corrected chi connectivity index (χ0v) is 26.8. The molecular weight excluding hydrogens is 666 g/mol. The lowest BCUT2D eigenvalue weighted by Gasteiger charge is -2.19. The number of unbranched alkanes of at least 4 members (excludes halogenated alkanes) is 2. The SMILES string of the molecule is C=C(/C(CN1CCC(=O)C1)=N/C(O)CCCCC(=O)c1ccc(OCCOCI)cc1)c1ccc(OCCCCF)cc1. The number of carbonyl (C=O) groups excluding carboxylic acids is 2. The van der Waals surface area contributed by atoms with E-state index < -0.39 is 6.23 Å². The van der Waals surface area contributed by atoms with Gasteiger partial charge in [-0.3, -0.25) is 23.9 Å². The summed E-state index contributed by atoms with van der Waals surface area (Å²) in [7, 11) is 0. The molecule has 2 aromatic carbocycles. The number of ether oxygens (including phenoxy) is 3. The van der Waals surface area contributed by atoms with E-state index >= 15 is 0 Å². The number of halogens is 2. The molecule has 0 spiro atoms. The Labute approximate surface area is 267 Å². The van der Waals surface area contributed by atoms with E-state index in [0.29, 0.717) is 117 Å². The minimum Gasteiger partial charge on any atom is -0.494 e. The maximum atomic E-state index is 12.6. The van der Waals surface area contributed by atoms with E-state index in [-0.39, 0.29) is 18.2 Å². The van der Waals surface area contributed by atoms with Gasteiger partial charge in [0, 0.05) is 31.5 Å². The molecule has 8 nitrogen and oxygen atoms in total. The van der Waals surface area contributed by atoms with Gasteiger partial charge in [-0.05, 0) is 79.6 Å². The number of rotatable bonds is 21.